The van der Waals surface area contributed by atoms with Crippen LogP contribution in [-0.4, -0.2) is 69.6 Å². The van der Waals surface area contributed by atoms with E-state index in [0.29, 0.717) is 42.4 Å². The Morgan fingerprint density at radius 2 is 2.08 bits per heavy atom. The zero-order chi connectivity index (χ0) is 27.0. The molecule has 2 aliphatic heterocycles. The summed E-state index contributed by atoms with van der Waals surface area (Å²) in [7, 11) is 0. The Kier molecular flexibility index (Phi) is 6.80. The lowest BCUT2D eigenvalue weighted by atomic mass is 10.1. The molecule has 3 aromatic rings. The van der Waals surface area contributed by atoms with Crippen LogP contribution in [-0.2, 0) is 6.18 Å². The Bertz CT molecular complexity index is 1350. The standard InChI is InChI=1S/C25H25F3N6O4/c1-14-21-23(32-22(30-14)15-3-2-4-16(7-15)25(26,27)28)34(18-5-6-33(21)11-18)24(37)31-17-8-20(10-29-9-17)38-13-19(36)12-35/h2-4,7-10,18-19,35-36H,5-6,11-13H2,1H3,(H,31,37)/t18?,19-/m0/s1. The second-order valence-corrected chi connectivity index (χ2v) is 9.13. The molecule has 1 aromatic carbocycles. The van der Waals surface area contributed by atoms with Gasteiger partial charge in [0.1, 0.15) is 24.1 Å². The Hall–Kier alpha value is -3.97. The Balaban J connectivity index is 1.46. The van der Waals surface area contributed by atoms with Gasteiger partial charge in [0, 0.05) is 24.7 Å². The molecular weight excluding hydrogens is 505 g/mol. The summed E-state index contributed by atoms with van der Waals surface area (Å²) >= 11 is 0. The number of aryl methyl sites for hydroxylation is 1. The second-order valence-electron chi connectivity index (χ2n) is 9.13. The quantitative estimate of drug-likeness (QED) is 0.444. The van der Waals surface area contributed by atoms with Crippen LogP contribution in [0, 0.1) is 6.92 Å². The van der Waals surface area contributed by atoms with E-state index in [-0.39, 0.29) is 29.8 Å². The topological polar surface area (TPSA) is 124 Å². The molecule has 4 heterocycles. The van der Waals surface area contributed by atoms with E-state index in [0.717, 1.165) is 12.1 Å². The average molecular weight is 531 g/mol. The molecule has 1 fully saturated rings. The van der Waals surface area contributed by atoms with E-state index in [2.05, 4.69) is 25.2 Å². The third-order valence-corrected chi connectivity index (χ3v) is 6.40. The lowest BCUT2D eigenvalue weighted by Crippen LogP contribution is -2.48. The highest BCUT2D eigenvalue weighted by molar-refractivity contribution is 6.05. The van der Waals surface area contributed by atoms with Gasteiger partial charge in [0.15, 0.2) is 11.6 Å². The molecule has 10 nitrogen and oxygen atoms in total. The summed E-state index contributed by atoms with van der Waals surface area (Å²) in [6.45, 7) is 2.40. The molecule has 13 heteroatoms. The number of fused-ring (bicyclic) bond motifs is 4. The molecule has 5 rings (SSSR count). The third kappa shape index (κ3) is 5.07. The molecule has 3 N–H and O–H groups in total. The van der Waals surface area contributed by atoms with Crippen LogP contribution >= 0.6 is 0 Å². The van der Waals surface area contributed by atoms with Gasteiger partial charge in [0.05, 0.1) is 42.0 Å². The smallest absolute Gasteiger partial charge is 0.416 e. The van der Waals surface area contributed by atoms with E-state index in [4.69, 9.17) is 9.84 Å². The molecule has 0 saturated carbocycles. The number of urea groups is 1. The van der Waals surface area contributed by atoms with Crippen LogP contribution in [0.25, 0.3) is 11.4 Å². The number of ether oxygens (including phenoxy) is 1. The van der Waals surface area contributed by atoms with Crippen LogP contribution in [0.3, 0.4) is 0 Å². The van der Waals surface area contributed by atoms with E-state index in [1.54, 1.807) is 6.92 Å². The minimum Gasteiger partial charge on any atom is -0.489 e. The second kappa shape index (κ2) is 10.1. The molecule has 38 heavy (non-hydrogen) atoms. The zero-order valence-corrected chi connectivity index (χ0v) is 20.3. The molecule has 2 atom stereocenters. The monoisotopic (exact) mass is 530 g/mol. The molecule has 2 bridgehead atoms. The van der Waals surface area contributed by atoms with Crippen LogP contribution in [0.15, 0.2) is 42.7 Å². The molecule has 0 radical (unpaired) electrons. The van der Waals surface area contributed by atoms with Gasteiger partial charge in [-0.2, -0.15) is 13.2 Å². The number of carbonyl (C=O) groups is 1. The summed E-state index contributed by atoms with van der Waals surface area (Å²) in [6.07, 6.45) is -2.06. The maximum Gasteiger partial charge on any atom is 0.416 e. The van der Waals surface area contributed by atoms with Crippen molar-refractivity contribution in [3.63, 3.8) is 0 Å². The largest absolute Gasteiger partial charge is 0.489 e. The first kappa shape index (κ1) is 25.7. The highest BCUT2D eigenvalue weighted by Gasteiger charge is 2.42. The fourth-order valence-corrected chi connectivity index (χ4v) is 4.64. The highest BCUT2D eigenvalue weighted by Crippen LogP contribution is 2.42. The Labute approximate surface area is 215 Å². The minimum atomic E-state index is -4.52. The molecule has 2 aliphatic rings. The molecule has 0 aliphatic carbocycles. The van der Waals surface area contributed by atoms with E-state index in [9.17, 15) is 23.1 Å². The first-order valence-electron chi connectivity index (χ1n) is 11.9. The molecule has 2 aromatic heterocycles. The van der Waals surface area contributed by atoms with E-state index in [1.807, 2.05) is 0 Å². The number of nitrogens with zero attached hydrogens (tertiary/aromatic N) is 5. The maximum absolute atomic E-state index is 13.5. The van der Waals surface area contributed by atoms with Gasteiger partial charge in [0.2, 0.25) is 0 Å². The van der Waals surface area contributed by atoms with Gasteiger partial charge >= 0.3 is 12.2 Å². The number of hydrogen-bond donors (Lipinski definition) is 3. The molecule has 0 spiro atoms. The number of pyridine rings is 1. The van der Waals surface area contributed by atoms with Crippen LogP contribution in [0.1, 0.15) is 17.7 Å². The summed E-state index contributed by atoms with van der Waals surface area (Å²) < 4.78 is 45.3. The lowest BCUT2D eigenvalue weighted by molar-refractivity contribution is -0.137. The van der Waals surface area contributed by atoms with Gasteiger partial charge in [-0.3, -0.25) is 9.88 Å². The van der Waals surface area contributed by atoms with Crippen molar-refractivity contribution in [1.82, 2.24) is 15.0 Å². The Morgan fingerprint density at radius 1 is 1.26 bits per heavy atom. The number of benzene rings is 1. The van der Waals surface area contributed by atoms with Crippen molar-refractivity contribution in [2.45, 2.75) is 31.7 Å². The predicted molar refractivity (Wildman–Crippen MR) is 132 cm³/mol. The number of anilines is 3. The van der Waals surface area contributed by atoms with Crippen LogP contribution in [0.5, 0.6) is 5.75 Å². The first-order valence-corrected chi connectivity index (χ1v) is 11.9. The summed E-state index contributed by atoms with van der Waals surface area (Å²) in [5.74, 6) is 0.695. The van der Waals surface area contributed by atoms with E-state index < -0.39 is 30.5 Å². The molecule has 2 amide bonds. The fraction of sp³-hybridized carbons (Fsp3) is 0.360. The predicted octanol–water partition coefficient (Wildman–Crippen LogP) is 3.23. The summed E-state index contributed by atoms with van der Waals surface area (Å²) in [6, 6.07) is 5.63. The average Bonchev–Trinajstić information content (AvgIpc) is 3.29. The van der Waals surface area contributed by atoms with E-state index in [1.165, 1.54) is 35.5 Å². The lowest BCUT2D eigenvalue weighted by Gasteiger charge is -2.36. The van der Waals surface area contributed by atoms with Gasteiger partial charge in [-0.15, -0.1) is 0 Å². The van der Waals surface area contributed by atoms with Gasteiger partial charge < -0.3 is 25.2 Å². The van der Waals surface area contributed by atoms with Crippen LogP contribution in [0.2, 0.25) is 0 Å². The minimum absolute atomic E-state index is 0.0900. The number of rotatable bonds is 6. The van der Waals surface area contributed by atoms with Crippen LogP contribution < -0.4 is 19.9 Å². The SMILES string of the molecule is Cc1nc(-c2cccc(C(F)(F)F)c2)nc2c1N1CCC(C1)N2C(=O)Nc1cncc(OC[C@@H](O)CO)c1. The van der Waals surface area contributed by atoms with Crippen molar-refractivity contribution >= 4 is 23.2 Å². The summed E-state index contributed by atoms with van der Waals surface area (Å²) in [4.78, 5) is 30.2. The number of nitrogens with one attached hydrogen (secondary N) is 1. The normalized spacial score (nSPS) is 17.3. The maximum atomic E-state index is 13.5. The molecular formula is C25H25F3N6O4. The zero-order valence-electron chi connectivity index (χ0n) is 20.3. The summed E-state index contributed by atoms with van der Waals surface area (Å²) in [5.41, 5.74) is 0.932. The number of aromatic nitrogens is 3. The number of aliphatic hydroxyl groups is 2. The number of halogens is 3. The van der Waals surface area contributed by atoms with Crippen molar-refractivity contribution < 1.29 is 32.9 Å². The first-order chi connectivity index (χ1) is 18.1. The van der Waals surface area contributed by atoms with Crippen molar-refractivity contribution in [2.24, 2.45) is 0 Å². The Morgan fingerprint density at radius 3 is 2.84 bits per heavy atom. The number of hydrogen-bond acceptors (Lipinski definition) is 8. The number of aliphatic hydroxyl groups excluding tert-OH is 2. The third-order valence-electron chi connectivity index (χ3n) is 6.40. The van der Waals surface area contributed by atoms with Crippen LogP contribution in [0.4, 0.5) is 35.2 Å². The van der Waals surface area contributed by atoms with Gasteiger partial charge in [-0.25, -0.2) is 14.8 Å². The van der Waals surface area contributed by atoms with Gasteiger partial charge in [-0.1, -0.05) is 12.1 Å². The molecule has 1 saturated heterocycles. The van der Waals surface area contributed by atoms with Crippen molar-refractivity contribution in [2.75, 3.05) is 41.4 Å². The number of amides is 2. The van der Waals surface area contributed by atoms with E-state index >= 15 is 0 Å². The highest BCUT2D eigenvalue weighted by atomic mass is 19.4. The fourth-order valence-electron chi connectivity index (χ4n) is 4.64. The molecule has 200 valence electrons. The summed E-state index contributed by atoms with van der Waals surface area (Å²) in [5, 5.41) is 21.2. The number of carbonyl (C=O) groups excluding carboxylic acids is 1. The van der Waals surface area contributed by atoms with Crippen molar-refractivity contribution in [1.29, 1.82) is 0 Å². The van der Waals surface area contributed by atoms with Crippen molar-refractivity contribution in [3.05, 3.63) is 54.0 Å². The number of alkyl halides is 3. The van der Waals surface area contributed by atoms with Crippen molar-refractivity contribution in [3.8, 4) is 17.1 Å². The molecule has 1 unspecified atom stereocenters. The van der Waals surface area contributed by atoms with Gasteiger partial charge in [-0.05, 0) is 25.5 Å². The van der Waals surface area contributed by atoms with Gasteiger partial charge in [0.25, 0.3) is 0 Å².